The highest BCUT2D eigenvalue weighted by molar-refractivity contribution is 5.76. The van der Waals surface area contributed by atoms with Crippen LogP contribution < -0.4 is 5.32 Å². The highest BCUT2D eigenvalue weighted by Gasteiger charge is 2.24. The van der Waals surface area contributed by atoms with Crippen LogP contribution in [0.3, 0.4) is 0 Å². The number of aliphatic hydroxyl groups excluding tert-OH is 1. The van der Waals surface area contributed by atoms with Gasteiger partial charge in [0, 0.05) is 26.1 Å². The zero-order valence-electron chi connectivity index (χ0n) is 18.0. The van der Waals surface area contributed by atoms with Crippen LogP contribution in [0.2, 0.25) is 0 Å². The molecule has 4 heteroatoms. The van der Waals surface area contributed by atoms with E-state index in [1.807, 2.05) is 0 Å². The highest BCUT2D eigenvalue weighted by atomic mass is 16.3. The van der Waals surface area contributed by atoms with Crippen molar-refractivity contribution in [2.45, 2.75) is 122 Å². The molecule has 1 aliphatic heterocycles. The summed E-state index contributed by atoms with van der Waals surface area (Å²) in [7, 11) is 0. The van der Waals surface area contributed by atoms with Crippen LogP contribution in [0.15, 0.2) is 0 Å². The van der Waals surface area contributed by atoms with Crippen molar-refractivity contribution in [3.8, 4) is 0 Å². The Bertz CT molecular complexity index is 349. The van der Waals surface area contributed by atoms with Gasteiger partial charge < -0.3 is 10.4 Å². The van der Waals surface area contributed by atoms with Gasteiger partial charge in [-0.2, -0.15) is 0 Å². The van der Waals surface area contributed by atoms with Gasteiger partial charge in [0.1, 0.15) is 0 Å². The van der Waals surface area contributed by atoms with Crippen LogP contribution in [-0.2, 0) is 4.79 Å². The molecule has 0 aromatic carbocycles. The molecule has 0 spiro atoms. The first-order chi connectivity index (χ1) is 13.3. The fourth-order valence-corrected chi connectivity index (χ4v) is 4.09. The number of nitrogens with one attached hydrogen (secondary N) is 1. The van der Waals surface area contributed by atoms with Gasteiger partial charge in [-0.3, -0.25) is 9.69 Å². The number of carbonyl (C=O) groups excluding carboxylic acids is 1. The van der Waals surface area contributed by atoms with E-state index in [1.54, 1.807) is 0 Å². The SMILES string of the molecule is CCCCCCCCCCCCCCCC(=O)NC1CCCN1CCCO. The summed E-state index contributed by atoms with van der Waals surface area (Å²) in [4.78, 5) is 14.4. The molecule has 0 radical (unpaired) electrons. The monoisotopic (exact) mass is 382 g/mol. The smallest absolute Gasteiger partial charge is 0.221 e. The standard InChI is InChI=1S/C23H46N2O2/c1-2-3-4-5-6-7-8-9-10-11-12-13-14-18-23(27)24-22-17-15-19-25(22)20-16-21-26/h22,26H,2-21H2,1H3,(H,24,27). The van der Waals surface area contributed by atoms with Crippen molar-refractivity contribution < 1.29 is 9.90 Å². The van der Waals surface area contributed by atoms with Crippen molar-refractivity contribution in [2.75, 3.05) is 19.7 Å². The predicted octanol–water partition coefficient (Wildman–Crippen LogP) is 5.39. The topological polar surface area (TPSA) is 52.6 Å². The number of rotatable bonds is 18. The first-order valence-electron chi connectivity index (χ1n) is 11.9. The zero-order valence-corrected chi connectivity index (χ0v) is 18.0. The summed E-state index contributed by atoms with van der Waals surface area (Å²) >= 11 is 0. The minimum absolute atomic E-state index is 0.200. The molecular formula is C23H46N2O2. The summed E-state index contributed by atoms with van der Waals surface area (Å²) in [5, 5.41) is 12.2. The molecule has 0 aromatic rings. The van der Waals surface area contributed by atoms with E-state index in [-0.39, 0.29) is 18.7 Å². The molecule has 1 heterocycles. The lowest BCUT2D eigenvalue weighted by Crippen LogP contribution is -2.44. The summed E-state index contributed by atoms with van der Waals surface area (Å²) in [5.74, 6) is 0.207. The van der Waals surface area contributed by atoms with Crippen molar-refractivity contribution in [1.82, 2.24) is 10.2 Å². The quantitative estimate of drug-likeness (QED) is 0.313. The van der Waals surface area contributed by atoms with E-state index in [4.69, 9.17) is 5.11 Å². The summed E-state index contributed by atoms with van der Waals surface area (Å²) in [6, 6.07) is 0. The highest BCUT2D eigenvalue weighted by Crippen LogP contribution is 2.16. The molecule has 1 amide bonds. The zero-order chi connectivity index (χ0) is 19.6. The Balaban J connectivity index is 1.87. The lowest BCUT2D eigenvalue weighted by molar-refractivity contribution is -0.122. The Morgan fingerprint density at radius 2 is 1.44 bits per heavy atom. The van der Waals surface area contributed by atoms with Crippen LogP contribution >= 0.6 is 0 Å². The molecule has 1 atom stereocenters. The van der Waals surface area contributed by atoms with E-state index < -0.39 is 0 Å². The van der Waals surface area contributed by atoms with Gasteiger partial charge in [-0.25, -0.2) is 0 Å². The van der Waals surface area contributed by atoms with Crippen molar-refractivity contribution in [2.24, 2.45) is 0 Å². The summed E-state index contributed by atoms with van der Waals surface area (Å²) in [6.07, 6.45) is 21.3. The first-order valence-corrected chi connectivity index (χ1v) is 11.9. The van der Waals surface area contributed by atoms with Gasteiger partial charge in [0.2, 0.25) is 5.91 Å². The molecule has 160 valence electrons. The minimum Gasteiger partial charge on any atom is -0.396 e. The summed E-state index contributed by atoms with van der Waals surface area (Å²) < 4.78 is 0. The van der Waals surface area contributed by atoms with E-state index >= 15 is 0 Å². The number of amides is 1. The van der Waals surface area contributed by atoms with Gasteiger partial charge in [-0.15, -0.1) is 0 Å². The number of aliphatic hydroxyl groups is 1. The molecule has 1 unspecified atom stereocenters. The predicted molar refractivity (Wildman–Crippen MR) is 115 cm³/mol. The molecule has 0 aliphatic carbocycles. The van der Waals surface area contributed by atoms with Gasteiger partial charge in [0.15, 0.2) is 0 Å². The summed E-state index contributed by atoms with van der Waals surface area (Å²) in [6.45, 7) is 4.44. The Hall–Kier alpha value is -0.610. The Morgan fingerprint density at radius 3 is 2.00 bits per heavy atom. The van der Waals surface area contributed by atoms with Crippen LogP contribution in [0, 0.1) is 0 Å². The minimum atomic E-state index is 0.200. The number of carbonyl (C=O) groups is 1. The molecule has 0 bridgehead atoms. The van der Waals surface area contributed by atoms with Gasteiger partial charge in [-0.1, -0.05) is 84.0 Å². The summed E-state index contributed by atoms with van der Waals surface area (Å²) in [5.41, 5.74) is 0. The fraction of sp³-hybridized carbons (Fsp3) is 0.957. The second kappa shape index (κ2) is 17.5. The first kappa shape index (κ1) is 24.4. The van der Waals surface area contributed by atoms with Crippen LogP contribution in [0.25, 0.3) is 0 Å². The third-order valence-electron chi connectivity index (χ3n) is 5.80. The molecule has 4 nitrogen and oxygen atoms in total. The lowest BCUT2D eigenvalue weighted by Gasteiger charge is -2.25. The van der Waals surface area contributed by atoms with Crippen molar-refractivity contribution >= 4 is 5.91 Å². The fourth-order valence-electron chi connectivity index (χ4n) is 4.09. The molecular weight excluding hydrogens is 336 g/mol. The van der Waals surface area contributed by atoms with E-state index in [0.29, 0.717) is 6.42 Å². The van der Waals surface area contributed by atoms with E-state index in [0.717, 1.165) is 38.8 Å². The van der Waals surface area contributed by atoms with Crippen molar-refractivity contribution in [3.05, 3.63) is 0 Å². The third kappa shape index (κ3) is 13.2. The van der Waals surface area contributed by atoms with Gasteiger partial charge in [0.05, 0.1) is 6.17 Å². The van der Waals surface area contributed by atoms with E-state index in [2.05, 4.69) is 17.1 Å². The van der Waals surface area contributed by atoms with Crippen molar-refractivity contribution in [1.29, 1.82) is 0 Å². The van der Waals surface area contributed by atoms with Crippen LogP contribution in [0.1, 0.15) is 116 Å². The molecule has 1 aliphatic rings. The van der Waals surface area contributed by atoms with E-state index in [9.17, 15) is 4.79 Å². The number of nitrogens with zero attached hydrogens (tertiary/aromatic N) is 1. The number of unbranched alkanes of at least 4 members (excludes halogenated alkanes) is 12. The van der Waals surface area contributed by atoms with Gasteiger partial charge in [0.25, 0.3) is 0 Å². The normalized spacial score (nSPS) is 17.5. The molecule has 1 fully saturated rings. The van der Waals surface area contributed by atoms with Gasteiger partial charge >= 0.3 is 0 Å². The number of likely N-dealkylation sites (tertiary alicyclic amines) is 1. The van der Waals surface area contributed by atoms with E-state index in [1.165, 1.54) is 77.0 Å². The molecule has 0 saturated carbocycles. The van der Waals surface area contributed by atoms with Crippen LogP contribution in [-0.4, -0.2) is 41.8 Å². The Kier molecular flexibility index (Phi) is 15.8. The maximum atomic E-state index is 12.1. The number of hydrogen-bond donors (Lipinski definition) is 2. The van der Waals surface area contributed by atoms with Gasteiger partial charge in [-0.05, 0) is 25.7 Å². The second-order valence-corrected chi connectivity index (χ2v) is 8.33. The van der Waals surface area contributed by atoms with Crippen LogP contribution in [0.5, 0.6) is 0 Å². The third-order valence-corrected chi connectivity index (χ3v) is 5.80. The number of hydrogen-bond acceptors (Lipinski definition) is 3. The molecule has 1 rings (SSSR count). The molecule has 2 N–H and O–H groups in total. The van der Waals surface area contributed by atoms with Crippen LogP contribution in [0.4, 0.5) is 0 Å². The van der Waals surface area contributed by atoms with Crippen molar-refractivity contribution in [3.63, 3.8) is 0 Å². The Morgan fingerprint density at radius 1 is 0.889 bits per heavy atom. The molecule has 27 heavy (non-hydrogen) atoms. The Labute approximate surface area is 168 Å². The maximum absolute atomic E-state index is 12.1. The average molecular weight is 383 g/mol. The maximum Gasteiger partial charge on any atom is 0.221 e. The second-order valence-electron chi connectivity index (χ2n) is 8.33. The molecule has 0 aromatic heterocycles. The largest absolute Gasteiger partial charge is 0.396 e. The lowest BCUT2D eigenvalue weighted by atomic mass is 10.0. The molecule has 1 saturated heterocycles. The average Bonchev–Trinajstić information content (AvgIpc) is 3.10.